The lowest BCUT2D eigenvalue weighted by atomic mass is 9.76. The largest absolute Gasteiger partial charge is 0.303 e. The summed E-state index contributed by atoms with van der Waals surface area (Å²) in [6, 6.07) is 0. The standard InChI is InChI=1S/C12H20O/c13-9-11-7-4-8-12(11)10-5-2-1-3-6-10/h9-12H,1-8H2. The fraction of sp³-hybridized carbons (Fsp3) is 0.917. The summed E-state index contributed by atoms with van der Waals surface area (Å²) >= 11 is 0. The van der Waals surface area contributed by atoms with Crippen LogP contribution in [0, 0.1) is 17.8 Å². The average molecular weight is 180 g/mol. The summed E-state index contributed by atoms with van der Waals surface area (Å²) in [6.07, 6.45) is 12.1. The maximum Gasteiger partial charge on any atom is 0.123 e. The van der Waals surface area contributed by atoms with E-state index in [4.69, 9.17) is 0 Å². The van der Waals surface area contributed by atoms with Crippen molar-refractivity contribution in [3.63, 3.8) is 0 Å². The maximum atomic E-state index is 10.9. The highest BCUT2D eigenvalue weighted by molar-refractivity contribution is 5.54. The molecular weight excluding hydrogens is 160 g/mol. The van der Waals surface area contributed by atoms with E-state index in [1.165, 1.54) is 57.7 Å². The van der Waals surface area contributed by atoms with Gasteiger partial charge in [-0.05, 0) is 24.7 Å². The lowest BCUT2D eigenvalue weighted by molar-refractivity contribution is -0.112. The molecule has 0 N–H and O–H groups in total. The zero-order chi connectivity index (χ0) is 9.10. The third-order valence-electron chi connectivity index (χ3n) is 4.05. The Morgan fingerprint density at radius 3 is 2.31 bits per heavy atom. The Labute approximate surface area is 80.9 Å². The highest BCUT2D eigenvalue weighted by atomic mass is 16.1. The van der Waals surface area contributed by atoms with Crippen LogP contribution in [-0.2, 0) is 4.79 Å². The van der Waals surface area contributed by atoms with Gasteiger partial charge < -0.3 is 4.79 Å². The van der Waals surface area contributed by atoms with E-state index >= 15 is 0 Å². The smallest absolute Gasteiger partial charge is 0.123 e. The minimum Gasteiger partial charge on any atom is -0.303 e. The van der Waals surface area contributed by atoms with Crippen molar-refractivity contribution in [2.45, 2.75) is 51.4 Å². The van der Waals surface area contributed by atoms with Gasteiger partial charge >= 0.3 is 0 Å². The van der Waals surface area contributed by atoms with Crippen molar-refractivity contribution in [2.75, 3.05) is 0 Å². The molecule has 2 fully saturated rings. The maximum absolute atomic E-state index is 10.9. The van der Waals surface area contributed by atoms with Crippen molar-refractivity contribution < 1.29 is 4.79 Å². The van der Waals surface area contributed by atoms with Gasteiger partial charge in [-0.15, -0.1) is 0 Å². The minimum absolute atomic E-state index is 0.420. The molecule has 2 atom stereocenters. The molecule has 1 nitrogen and oxygen atoms in total. The minimum atomic E-state index is 0.420. The zero-order valence-corrected chi connectivity index (χ0v) is 8.37. The van der Waals surface area contributed by atoms with E-state index in [1.54, 1.807) is 0 Å². The van der Waals surface area contributed by atoms with Crippen LogP contribution in [0.1, 0.15) is 51.4 Å². The molecular formula is C12H20O. The Morgan fingerprint density at radius 1 is 0.846 bits per heavy atom. The van der Waals surface area contributed by atoms with Crippen molar-refractivity contribution in [1.82, 2.24) is 0 Å². The molecule has 2 rings (SSSR count). The van der Waals surface area contributed by atoms with E-state index in [9.17, 15) is 4.79 Å². The fourth-order valence-corrected chi connectivity index (χ4v) is 3.33. The Balaban J connectivity index is 1.93. The van der Waals surface area contributed by atoms with Crippen LogP contribution in [0.4, 0.5) is 0 Å². The van der Waals surface area contributed by atoms with Gasteiger partial charge in [0.15, 0.2) is 0 Å². The molecule has 0 spiro atoms. The first-order chi connectivity index (χ1) is 6.42. The predicted molar refractivity (Wildman–Crippen MR) is 53.5 cm³/mol. The van der Waals surface area contributed by atoms with Crippen LogP contribution in [0.15, 0.2) is 0 Å². The summed E-state index contributed by atoms with van der Waals surface area (Å²) in [4.78, 5) is 10.9. The van der Waals surface area contributed by atoms with Crippen molar-refractivity contribution in [3.05, 3.63) is 0 Å². The van der Waals surface area contributed by atoms with Crippen molar-refractivity contribution in [1.29, 1.82) is 0 Å². The lowest BCUT2D eigenvalue weighted by Gasteiger charge is -2.29. The summed E-state index contributed by atoms with van der Waals surface area (Å²) in [5.41, 5.74) is 0. The van der Waals surface area contributed by atoms with Crippen molar-refractivity contribution in [3.8, 4) is 0 Å². The molecule has 2 aliphatic rings. The Morgan fingerprint density at radius 2 is 1.62 bits per heavy atom. The average Bonchev–Trinajstić information content (AvgIpc) is 2.67. The number of hydrogen-bond donors (Lipinski definition) is 0. The molecule has 2 aliphatic carbocycles. The normalized spacial score (nSPS) is 36.3. The van der Waals surface area contributed by atoms with Gasteiger partial charge in [0.1, 0.15) is 6.29 Å². The topological polar surface area (TPSA) is 17.1 Å². The van der Waals surface area contributed by atoms with Crippen LogP contribution in [0.25, 0.3) is 0 Å². The Bertz CT molecular complexity index is 170. The van der Waals surface area contributed by atoms with Crippen molar-refractivity contribution >= 4 is 6.29 Å². The van der Waals surface area contributed by atoms with E-state index < -0.39 is 0 Å². The number of rotatable bonds is 2. The van der Waals surface area contributed by atoms with Gasteiger partial charge in [0.25, 0.3) is 0 Å². The lowest BCUT2D eigenvalue weighted by Crippen LogP contribution is -2.22. The molecule has 0 aromatic rings. The molecule has 74 valence electrons. The molecule has 0 bridgehead atoms. The van der Waals surface area contributed by atoms with Gasteiger partial charge in [-0.2, -0.15) is 0 Å². The predicted octanol–water partition coefficient (Wildman–Crippen LogP) is 3.18. The van der Waals surface area contributed by atoms with Crippen LogP contribution in [0.3, 0.4) is 0 Å². The van der Waals surface area contributed by atoms with Gasteiger partial charge in [-0.3, -0.25) is 0 Å². The summed E-state index contributed by atoms with van der Waals surface area (Å²) in [7, 11) is 0. The summed E-state index contributed by atoms with van der Waals surface area (Å²) < 4.78 is 0. The van der Waals surface area contributed by atoms with E-state index in [0.717, 1.165) is 11.8 Å². The molecule has 0 aliphatic heterocycles. The molecule has 0 saturated heterocycles. The zero-order valence-electron chi connectivity index (χ0n) is 8.37. The second-order valence-corrected chi connectivity index (χ2v) is 4.79. The summed E-state index contributed by atoms with van der Waals surface area (Å²) in [5, 5.41) is 0. The second-order valence-electron chi connectivity index (χ2n) is 4.79. The number of carbonyl (C=O) groups excluding carboxylic acids is 1. The highest BCUT2D eigenvalue weighted by Gasteiger charge is 2.33. The quantitative estimate of drug-likeness (QED) is 0.596. The monoisotopic (exact) mass is 180 g/mol. The van der Waals surface area contributed by atoms with Gasteiger partial charge in [-0.1, -0.05) is 38.5 Å². The Hall–Kier alpha value is -0.330. The Kier molecular flexibility index (Phi) is 3.02. The SMILES string of the molecule is O=CC1CCCC1C1CCCCC1. The van der Waals surface area contributed by atoms with Gasteiger partial charge in [0.05, 0.1) is 0 Å². The van der Waals surface area contributed by atoms with Crippen LogP contribution in [0.5, 0.6) is 0 Å². The highest BCUT2D eigenvalue weighted by Crippen LogP contribution is 2.41. The van der Waals surface area contributed by atoms with Gasteiger partial charge in [-0.25, -0.2) is 0 Å². The van der Waals surface area contributed by atoms with E-state index in [0.29, 0.717) is 5.92 Å². The number of hydrogen-bond acceptors (Lipinski definition) is 1. The van der Waals surface area contributed by atoms with E-state index in [-0.39, 0.29) is 0 Å². The van der Waals surface area contributed by atoms with Crippen LogP contribution in [0.2, 0.25) is 0 Å². The van der Waals surface area contributed by atoms with Gasteiger partial charge in [0, 0.05) is 5.92 Å². The van der Waals surface area contributed by atoms with Gasteiger partial charge in [0.2, 0.25) is 0 Å². The first-order valence-corrected chi connectivity index (χ1v) is 5.87. The van der Waals surface area contributed by atoms with E-state index in [1.807, 2.05) is 0 Å². The first-order valence-electron chi connectivity index (χ1n) is 5.87. The molecule has 2 unspecified atom stereocenters. The third kappa shape index (κ3) is 1.95. The molecule has 1 heteroatoms. The van der Waals surface area contributed by atoms with Crippen LogP contribution >= 0.6 is 0 Å². The molecule has 0 aromatic heterocycles. The summed E-state index contributed by atoms with van der Waals surface area (Å²) in [6.45, 7) is 0. The van der Waals surface area contributed by atoms with Crippen molar-refractivity contribution in [2.24, 2.45) is 17.8 Å². The summed E-state index contributed by atoms with van der Waals surface area (Å²) in [5.74, 6) is 2.08. The van der Waals surface area contributed by atoms with Crippen LogP contribution in [-0.4, -0.2) is 6.29 Å². The number of aldehydes is 1. The van der Waals surface area contributed by atoms with Crippen LogP contribution < -0.4 is 0 Å². The second kappa shape index (κ2) is 4.26. The molecule has 0 amide bonds. The number of carbonyl (C=O) groups is 1. The first kappa shape index (κ1) is 9.23. The molecule has 0 aromatic carbocycles. The molecule has 0 radical (unpaired) electrons. The molecule has 13 heavy (non-hydrogen) atoms. The van der Waals surface area contributed by atoms with E-state index in [2.05, 4.69) is 0 Å². The fourth-order valence-electron chi connectivity index (χ4n) is 3.33. The molecule has 2 saturated carbocycles. The molecule has 0 heterocycles. The third-order valence-corrected chi connectivity index (χ3v) is 4.05.